The van der Waals surface area contributed by atoms with Crippen molar-refractivity contribution in [1.29, 1.82) is 0 Å². The second-order valence-corrected chi connectivity index (χ2v) is 5.25. The van der Waals surface area contributed by atoms with Gasteiger partial charge in [0.25, 0.3) is 10.0 Å². The zero-order chi connectivity index (χ0) is 12.2. The van der Waals surface area contributed by atoms with Crippen molar-refractivity contribution in [3.63, 3.8) is 0 Å². The molecular weight excluding hydrogens is 230 g/mol. The highest BCUT2D eigenvalue weighted by atomic mass is 32.2. The summed E-state index contributed by atoms with van der Waals surface area (Å²) in [7, 11) is -3.56. The molecule has 0 atom stereocenters. The van der Waals surface area contributed by atoms with Gasteiger partial charge in [0.05, 0.1) is 12.8 Å². The topological polar surface area (TPSA) is 86.3 Å². The maximum absolute atomic E-state index is 12.1. The fourth-order valence-electron chi connectivity index (χ4n) is 1.46. The number of aromatic amines is 1. The smallest absolute Gasteiger partial charge is 0.260 e. The van der Waals surface area contributed by atoms with E-state index in [0.717, 1.165) is 6.42 Å². The van der Waals surface area contributed by atoms with Crippen LogP contribution in [-0.2, 0) is 16.6 Å². The molecule has 0 amide bonds. The summed E-state index contributed by atoms with van der Waals surface area (Å²) in [6.45, 7) is 4.22. The molecule has 0 aromatic carbocycles. The SMILES string of the molecule is CCCN(CC)S(=O)(=O)c1[nH]ncc1CO. The quantitative estimate of drug-likeness (QED) is 0.758. The second kappa shape index (κ2) is 5.42. The maximum Gasteiger partial charge on any atom is 0.260 e. The van der Waals surface area contributed by atoms with E-state index in [-0.39, 0.29) is 11.6 Å². The van der Waals surface area contributed by atoms with Gasteiger partial charge in [-0.05, 0) is 6.42 Å². The van der Waals surface area contributed by atoms with Gasteiger partial charge in [0.2, 0.25) is 0 Å². The molecule has 0 aliphatic heterocycles. The Labute approximate surface area is 95.3 Å². The molecular formula is C9H17N3O3S. The van der Waals surface area contributed by atoms with Crippen molar-refractivity contribution in [2.75, 3.05) is 13.1 Å². The second-order valence-electron chi connectivity index (χ2n) is 3.38. The third-order valence-electron chi connectivity index (χ3n) is 2.27. The van der Waals surface area contributed by atoms with Crippen LogP contribution in [0.25, 0.3) is 0 Å². The number of H-pyrrole nitrogens is 1. The summed E-state index contributed by atoms with van der Waals surface area (Å²) in [5.74, 6) is 0. The van der Waals surface area contributed by atoms with Crippen LogP contribution in [-0.4, -0.2) is 41.1 Å². The molecule has 0 saturated heterocycles. The molecule has 92 valence electrons. The minimum atomic E-state index is -3.56. The summed E-state index contributed by atoms with van der Waals surface area (Å²) < 4.78 is 25.6. The molecule has 1 aromatic heterocycles. The van der Waals surface area contributed by atoms with E-state index in [0.29, 0.717) is 18.7 Å². The molecule has 0 unspecified atom stereocenters. The zero-order valence-electron chi connectivity index (χ0n) is 9.47. The molecule has 0 aliphatic carbocycles. The van der Waals surface area contributed by atoms with Gasteiger partial charge in [-0.2, -0.15) is 9.40 Å². The van der Waals surface area contributed by atoms with Crippen LogP contribution in [0.2, 0.25) is 0 Å². The molecule has 0 bridgehead atoms. The summed E-state index contributed by atoms with van der Waals surface area (Å²) in [4.78, 5) is 0. The van der Waals surface area contributed by atoms with Crippen molar-refractivity contribution in [3.8, 4) is 0 Å². The molecule has 2 N–H and O–H groups in total. The van der Waals surface area contributed by atoms with Crippen molar-refractivity contribution in [2.45, 2.75) is 31.9 Å². The van der Waals surface area contributed by atoms with Gasteiger partial charge in [-0.1, -0.05) is 13.8 Å². The van der Waals surface area contributed by atoms with Gasteiger partial charge >= 0.3 is 0 Å². The first-order chi connectivity index (χ1) is 7.57. The van der Waals surface area contributed by atoms with Crippen molar-refractivity contribution in [1.82, 2.24) is 14.5 Å². The Morgan fingerprint density at radius 1 is 1.50 bits per heavy atom. The van der Waals surface area contributed by atoms with Crippen LogP contribution in [0.4, 0.5) is 0 Å². The number of sulfonamides is 1. The molecule has 1 aromatic rings. The van der Waals surface area contributed by atoms with Gasteiger partial charge in [-0.15, -0.1) is 0 Å². The van der Waals surface area contributed by atoms with Crippen LogP contribution in [0.5, 0.6) is 0 Å². The monoisotopic (exact) mass is 247 g/mol. The highest BCUT2D eigenvalue weighted by Gasteiger charge is 2.26. The molecule has 0 fully saturated rings. The predicted octanol–water partition coefficient (Wildman–Crippen LogP) is 0.323. The maximum atomic E-state index is 12.1. The normalized spacial score (nSPS) is 12.2. The molecule has 16 heavy (non-hydrogen) atoms. The number of rotatable bonds is 6. The fraction of sp³-hybridized carbons (Fsp3) is 0.667. The first-order valence-corrected chi connectivity index (χ1v) is 6.65. The molecule has 1 heterocycles. The molecule has 6 nitrogen and oxygen atoms in total. The molecule has 0 saturated carbocycles. The molecule has 0 radical (unpaired) electrons. The minimum absolute atomic E-state index is 0.00898. The first-order valence-electron chi connectivity index (χ1n) is 5.21. The Hall–Kier alpha value is -0.920. The number of aliphatic hydroxyl groups excluding tert-OH is 1. The number of hydrogen-bond donors (Lipinski definition) is 2. The molecule has 7 heteroatoms. The lowest BCUT2D eigenvalue weighted by atomic mass is 10.4. The van der Waals surface area contributed by atoms with Crippen molar-refractivity contribution >= 4 is 10.0 Å². The van der Waals surface area contributed by atoms with Crippen molar-refractivity contribution in [2.24, 2.45) is 0 Å². The number of hydrogen-bond acceptors (Lipinski definition) is 4. The lowest BCUT2D eigenvalue weighted by Gasteiger charge is -2.19. The lowest BCUT2D eigenvalue weighted by molar-refractivity contribution is 0.278. The van der Waals surface area contributed by atoms with E-state index in [4.69, 9.17) is 5.11 Å². The van der Waals surface area contributed by atoms with Crippen molar-refractivity contribution in [3.05, 3.63) is 11.8 Å². The first kappa shape index (κ1) is 13.1. The average molecular weight is 247 g/mol. The summed E-state index contributed by atoms with van der Waals surface area (Å²) in [5.41, 5.74) is 0.301. The Morgan fingerprint density at radius 2 is 2.19 bits per heavy atom. The van der Waals surface area contributed by atoms with E-state index in [1.54, 1.807) is 6.92 Å². The Bertz CT molecular complexity index is 427. The summed E-state index contributed by atoms with van der Waals surface area (Å²) in [6, 6.07) is 0. The largest absolute Gasteiger partial charge is 0.392 e. The van der Waals surface area contributed by atoms with Gasteiger partial charge in [0.1, 0.15) is 0 Å². The Morgan fingerprint density at radius 3 is 2.69 bits per heavy atom. The molecule has 0 spiro atoms. The van der Waals surface area contributed by atoms with Crippen LogP contribution >= 0.6 is 0 Å². The standard InChI is InChI=1S/C9H17N3O3S/c1-3-5-12(4-2)16(14,15)9-8(7-13)6-10-11-9/h6,13H,3-5,7H2,1-2H3,(H,10,11). The van der Waals surface area contributed by atoms with E-state index in [9.17, 15) is 8.42 Å². The minimum Gasteiger partial charge on any atom is -0.392 e. The van der Waals surface area contributed by atoms with Gasteiger partial charge in [0, 0.05) is 18.7 Å². The van der Waals surface area contributed by atoms with E-state index in [1.807, 2.05) is 6.92 Å². The third-order valence-corrected chi connectivity index (χ3v) is 4.26. The van der Waals surface area contributed by atoms with Crippen molar-refractivity contribution < 1.29 is 13.5 Å². The predicted molar refractivity (Wildman–Crippen MR) is 59.2 cm³/mol. The number of nitrogens with one attached hydrogen (secondary N) is 1. The number of aliphatic hydroxyl groups is 1. The number of aromatic nitrogens is 2. The zero-order valence-corrected chi connectivity index (χ0v) is 10.3. The van der Waals surface area contributed by atoms with Crippen LogP contribution in [0.1, 0.15) is 25.8 Å². The van der Waals surface area contributed by atoms with E-state index >= 15 is 0 Å². The van der Waals surface area contributed by atoms with E-state index in [1.165, 1.54) is 10.5 Å². The van der Waals surface area contributed by atoms with Gasteiger partial charge in [-0.25, -0.2) is 8.42 Å². The van der Waals surface area contributed by atoms with Gasteiger partial charge in [0.15, 0.2) is 5.03 Å². The third kappa shape index (κ3) is 2.42. The van der Waals surface area contributed by atoms with Gasteiger partial charge < -0.3 is 5.11 Å². The van der Waals surface area contributed by atoms with Crippen LogP contribution in [0, 0.1) is 0 Å². The fourth-order valence-corrected chi connectivity index (χ4v) is 3.10. The Balaban J connectivity index is 3.09. The van der Waals surface area contributed by atoms with Crippen LogP contribution < -0.4 is 0 Å². The number of nitrogens with zero attached hydrogens (tertiary/aromatic N) is 2. The summed E-state index contributed by atoms with van der Waals surface area (Å²) in [5, 5.41) is 15.1. The average Bonchev–Trinajstić information content (AvgIpc) is 2.74. The van der Waals surface area contributed by atoms with Crippen LogP contribution in [0.3, 0.4) is 0 Å². The Kier molecular flexibility index (Phi) is 4.45. The highest BCUT2D eigenvalue weighted by Crippen LogP contribution is 2.17. The summed E-state index contributed by atoms with van der Waals surface area (Å²) >= 11 is 0. The lowest BCUT2D eigenvalue weighted by Crippen LogP contribution is -2.32. The van der Waals surface area contributed by atoms with Gasteiger partial charge in [-0.3, -0.25) is 5.10 Å². The molecule has 1 rings (SSSR count). The van der Waals surface area contributed by atoms with E-state index < -0.39 is 10.0 Å². The van der Waals surface area contributed by atoms with Crippen LogP contribution in [0.15, 0.2) is 11.2 Å². The molecule has 0 aliphatic rings. The van der Waals surface area contributed by atoms with E-state index in [2.05, 4.69) is 10.2 Å². The summed E-state index contributed by atoms with van der Waals surface area (Å²) in [6.07, 6.45) is 2.07. The highest BCUT2D eigenvalue weighted by molar-refractivity contribution is 7.89.